The quantitative estimate of drug-likeness (QED) is 0.554. The first-order valence-corrected chi connectivity index (χ1v) is 12.7. The van der Waals surface area contributed by atoms with Gasteiger partial charge < -0.3 is 10.1 Å². The van der Waals surface area contributed by atoms with Gasteiger partial charge in [-0.1, -0.05) is 60.2 Å². The summed E-state index contributed by atoms with van der Waals surface area (Å²) in [5, 5.41) is 3.11. The van der Waals surface area contributed by atoms with Gasteiger partial charge in [0.2, 0.25) is 5.91 Å². The van der Waals surface area contributed by atoms with Gasteiger partial charge in [0.1, 0.15) is 11.3 Å². The summed E-state index contributed by atoms with van der Waals surface area (Å²) in [6.45, 7) is 2.01. The lowest BCUT2D eigenvalue weighted by Gasteiger charge is -2.36. The molecule has 3 aromatic carbocycles. The van der Waals surface area contributed by atoms with E-state index in [-0.39, 0.29) is 23.7 Å². The van der Waals surface area contributed by atoms with E-state index in [0.29, 0.717) is 17.2 Å². The molecular formula is C28H26N2O3S. The summed E-state index contributed by atoms with van der Waals surface area (Å²) in [5.74, 6) is 1.50. The smallest absolute Gasteiger partial charge is 0.250 e. The van der Waals surface area contributed by atoms with Gasteiger partial charge in [0.05, 0.1) is 13.0 Å². The van der Waals surface area contributed by atoms with E-state index in [1.54, 1.807) is 7.11 Å². The molecule has 4 atom stereocenters. The SMILES string of the molecule is COc1ccc2c(c1)[C@]1(C(=O)N2)[C@@H](C(=O)c2ccc(C)cc2)[C@H](c2ccccc2)[C@H]2CSCN21. The maximum Gasteiger partial charge on any atom is 0.250 e. The number of amides is 1. The second-order valence-electron chi connectivity index (χ2n) is 9.31. The second kappa shape index (κ2) is 8.00. The number of benzene rings is 3. The lowest BCUT2D eigenvalue weighted by molar-refractivity contribution is -0.127. The summed E-state index contributed by atoms with van der Waals surface area (Å²) in [6.07, 6.45) is 0. The molecule has 0 radical (unpaired) electrons. The predicted molar refractivity (Wildman–Crippen MR) is 134 cm³/mol. The first-order chi connectivity index (χ1) is 16.6. The topological polar surface area (TPSA) is 58.6 Å². The number of ether oxygens (including phenoxy) is 1. The van der Waals surface area contributed by atoms with E-state index >= 15 is 0 Å². The molecular weight excluding hydrogens is 444 g/mol. The molecule has 6 heteroatoms. The minimum absolute atomic E-state index is 0.0130. The molecule has 34 heavy (non-hydrogen) atoms. The zero-order chi connectivity index (χ0) is 23.4. The average molecular weight is 471 g/mol. The van der Waals surface area contributed by atoms with E-state index in [4.69, 9.17) is 4.74 Å². The summed E-state index contributed by atoms with van der Waals surface area (Å²) in [4.78, 5) is 30.7. The highest BCUT2D eigenvalue weighted by atomic mass is 32.2. The molecule has 3 heterocycles. The Hall–Kier alpha value is -3.09. The van der Waals surface area contributed by atoms with Gasteiger partial charge in [0.15, 0.2) is 5.78 Å². The molecule has 5 nitrogen and oxygen atoms in total. The molecule has 1 amide bonds. The van der Waals surface area contributed by atoms with Crippen LogP contribution in [0.3, 0.4) is 0 Å². The van der Waals surface area contributed by atoms with Gasteiger partial charge in [0.25, 0.3) is 0 Å². The Morgan fingerprint density at radius 2 is 1.85 bits per heavy atom. The van der Waals surface area contributed by atoms with Crippen molar-refractivity contribution in [2.75, 3.05) is 24.1 Å². The van der Waals surface area contributed by atoms with Gasteiger partial charge in [-0.3, -0.25) is 14.5 Å². The number of carbonyl (C=O) groups is 2. The Labute approximate surface area is 203 Å². The monoisotopic (exact) mass is 470 g/mol. The number of hydrogen-bond donors (Lipinski definition) is 1. The summed E-state index contributed by atoms with van der Waals surface area (Å²) >= 11 is 1.83. The summed E-state index contributed by atoms with van der Waals surface area (Å²) in [7, 11) is 1.63. The maximum atomic E-state index is 14.4. The predicted octanol–water partition coefficient (Wildman–Crippen LogP) is 4.82. The Morgan fingerprint density at radius 1 is 1.09 bits per heavy atom. The maximum absolute atomic E-state index is 14.4. The van der Waals surface area contributed by atoms with Crippen LogP contribution in [-0.4, -0.2) is 41.4 Å². The number of thioether (sulfide) groups is 1. The molecule has 1 N–H and O–H groups in total. The van der Waals surface area contributed by atoms with Crippen LogP contribution >= 0.6 is 11.8 Å². The summed E-state index contributed by atoms with van der Waals surface area (Å²) in [6, 6.07) is 23.7. The Balaban J connectivity index is 1.62. The first-order valence-electron chi connectivity index (χ1n) is 11.6. The molecule has 6 rings (SSSR count). The fourth-order valence-corrected chi connectivity index (χ4v) is 7.45. The average Bonchev–Trinajstić information content (AvgIpc) is 3.52. The zero-order valence-corrected chi connectivity index (χ0v) is 20.0. The van der Waals surface area contributed by atoms with Crippen molar-refractivity contribution in [3.05, 3.63) is 95.1 Å². The van der Waals surface area contributed by atoms with E-state index in [9.17, 15) is 9.59 Å². The van der Waals surface area contributed by atoms with Crippen LogP contribution in [0, 0.1) is 12.8 Å². The standard InChI is InChI=1S/C28H26N2O3S/c1-17-8-10-19(11-9-17)26(31)25-24(18-6-4-3-5-7-18)23-15-34-16-30(23)28(25)21-14-20(33-2)12-13-22(21)29-27(28)32/h3-14,23-25H,15-16H2,1-2H3,(H,29,32)/t23-,24-,25-,28-/m1/s1. The van der Waals surface area contributed by atoms with E-state index in [2.05, 4.69) is 22.3 Å². The van der Waals surface area contributed by atoms with Crippen LogP contribution in [0.4, 0.5) is 5.69 Å². The van der Waals surface area contributed by atoms with Gasteiger partial charge in [0, 0.05) is 40.4 Å². The minimum atomic E-state index is -1.08. The van der Waals surface area contributed by atoms with Crippen molar-refractivity contribution >= 4 is 29.1 Å². The number of nitrogens with zero attached hydrogens (tertiary/aromatic N) is 1. The van der Waals surface area contributed by atoms with E-state index in [1.807, 2.05) is 79.3 Å². The van der Waals surface area contributed by atoms with Crippen molar-refractivity contribution < 1.29 is 14.3 Å². The molecule has 172 valence electrons. The van der Waals surface area contributed by atoms with Crippen molar-refractivity contribution in [2.45, 2.75) is 24.4 Å². The van der Waals surface area contributed by atoms with Crippen molar-refractivity contribution in [3.8, 4) is 5.75 Å². The largest absolute Gasteiger partial charge is 0.497 e. The molecule has 0 bridgehead atoms. The third-order valence-corrected chi connectivity index (χ3v) is 8.67. The van der Waals surface area contributed by atoms with Crippen LogP contribution < -0.4 is 10.1 Å². The molecule has 3 aromatic rings. The number of hydrogen-bond acceptors (Lipinski definition) is 5. The fraction of sp³-hybridized carbons (Fsp3) is 0.286. The van der Waals surface area contributed by atoms with Gasteiger partial charge >= 0.3 is 0 Å². The van der Waals surface area contributed by atoms with Crippen LogP contribution in [-0.2, 0) is 10.3 Å². The fourth-order valence-electron chi connectivity index (χ4n) is 6.13. The van der Waals surface area contributed by atoms with Crippen molar-refractivity contribution in [2.24, 2.45) is 5.92 Å². The van der Waals surface area contributed by atoms with Crippen LogP contribution in [0.15, 0.2) is 72.8 Å². The zero-order valence-electron chi connectivity index (χ0n) is 19.2. The van der Waals surface area contributed by atoms with E-state index in [1.165, 1.54) is 0 Å². The highest BCUT2D eigenvalue weighted by molar-refractivity contribution is 7.99. The van der Waals surface area contributed by atoms with Gasteiger partial charge in [-0.25, -0.2) is 0 Å². The van der Waals surface area contributed by atoms with Crippen LogP contribution in [0.5, 0.6) is 5.75 Å². The van der Waals surface area contributed by atoms with E-state index < -0.39 is 11.5 Å². The number of methoxy groups -OCH3 is 1. The number of nitrogens with one attached hydrogen (secondary N) is 1. The third kappa shape index (κ3) is 2.91. The molecule has 3 aliphatic heterocycles. The molecule has 1 spiro atoms. The van der Waals surface area contributed by atoms with E-state index in [0.717, 1.165) is 28.1 Å². The molecule has 2 saturated heterocycles. The van der Waals surface area contributed by atoms with Gasteiger partial charge in [-0.15, -0.1) is 11.8 Å². The highest BCUT2D eigenvalue weighted by Gasteiger charge is 2.69. The number of carbonyl (C=O) groups excluding carboxylic acids is 2. The summed E-state index contributed by atoms with van der Waals surface area (Å²) < 4.78 is 5.55. The molecule has 0 unspecified atom stereocenters. The molecule has 0 saturated carbocycles. The number of fused-ring (bicyclic) bond motifs is 4. The number of ketones is 1. The molecule has 3 aliphatic rings. The molecule has 0 aliphatic carbocycles. The highest BCUT2D eigenvalue weighted by Crippen LogP contribution is 2.61. The Kier molecular flexibility index (Phi) is 5.04. The number of Topliss-reactive ketones (excluding diaryl/α,β-unsaturated/α-hetero) is 1. The van der Waals surface area contributed by atoms with Crippen LogP contribution in [0.25, 0.3) is 0 Å². The van der Waals surface area contributed by atoms with Crippen molar-refractivity contribution in [1.82, 2.24) is 4.90 Å². The second-order valence-corrected chi connectivity index (χ2v) is 10.3. The minimum Gasteiger partial charge on any atom is -0.497 e. The third-order valence-electron chi connectivity index (χ3n) is 7.63. The number of anilines is 1. The first kappa shape index (κ1) is 21.4. The van der Waals surface area contributed by atoms with Crippen LogP contribution in [0.2, 0.25) is 0 Å². The van der Waals surface area contributed by atoms with Crippen LogP contribution in [0.1, 0.15) is 33.0 Å². The van der Waals surface area contributed by atoms with Crippen molar-refractivity contribution in [1.29, 1.82) is 0 Å². The Bertz CT molecular complexity index is 1280. The number of aryl methyl sites for hydroxylation is 1. The molecule has 2 fully saturated rings. The van der Waals surface area contributed by atoms with Gasteiger partial charge in [-0.2, -0.15) is 0 Å². The Morgan fingerprint density at radius 3 is 2.59 bits per heavy atom. The molecule has 0 aromatic heterocycles. The number of rotatable bonds is 4. The van der Waals surface area contributed by atoms with Crippen molar-refractivity contribution in [3.63, 3.8) is 0 Å². The summed E-state index contributed by atoms with van der Waals surface area (Å²) in [5.41, 5.74) is 3.37. The van der Waals surface area contributed by atoms with Gasteiger partial charge in [-0.05, 0) is 30.7 Å². The lowest BCUT2D eigenvalue weighted by Crippen LogP contribution is -2.52. The lowest BCUT2D eigenvalue weighted by atomic mass is 9.69. The normalized spacial score (nSPS) is 27.5.